The molecule has 2 amide bonds. The molecule has 2 saturated heterocycles. The Labute approximate surface area is 206 Å². The number of carbonyl (C=O) groups excluding carboxylic acids is 2. The van der Waals surface area contributed by atoms with Crippen LogP contribution in [0.5, 0.6) is 0 Å². The monoisotopic (exact) mass is 484 g/mol. The molecular weight excluding hydrogens is 448 g/mol. The highest BCUT2D eigenvalue weighted by Crippen LogP contribution is 2.24. The van der Waals surface area contributed by atoms with Gasteiger partial charge in [0, 0.05) is 50.8 Å². The van der Waals surface area contributed by atoms with Gasteiger partial charge in [0.1, 0.15) is 17.9 Å². The molecule has 4 rings (SSSR count). The van der Waals surface area contributed by atoms with Gasteiger partial charge in [-0.1, -0.05) is 6.08 Å². The van der Waals surface area contributed by atoms with Crippen molar-refractivity contribution in [1.82, 2.24) is 34.2 Å². The summed E-state index contributed by atoms with van der Waals surface area (Å²) >= 11 is 0. The maximum absolute atomic E-state index is 12.7. The second-order valence-corrected chi connectivity index (χ2v) is 9.79. The van der Waals surface area contributed by atoms with Crippen molar-refractivity contribution in [3.63, 3.8) is 0 Å². The number of likely N-dealkylation sites (tertiary alicyclic amines) is 2. The van der Waals surface area contributed by atoms with Crippen molar-refractivity contribution in [2.75, 3.05) is 52.1 Å². The molecule has 0 aliphatic carbocycles. The molecule has 190 valence electrons. The third-order valence-electron chi connectivity index (χ3n) is 6.46. The Bertz CT molecular complexity index is 1060. The Kier molecular flexibility index (Phi) is 7.84. The van der Waals surface area contributed by atoms with Crippen LogP contribution in [-0.4, -0.2) is 105 Å². The average molecular weight is 485 g/mol. The van der Waals surface area contributed by atoms with Gasteiger partial charge >= 0.3 is 6.09 Å². The van der Waals surface area contributed by atoms with E-state index in [1.807, 2.05) is 29.6 Å². The number of nitrogens with zero attached hydrogens (tertiary/aromatic N) is 7. The number of hydrogen-bond donors (Lipinski definition) is 1. The molecule has 11 nitrogen and oxygen atoms in total. The van der Waals surface area contributed by atoms with Crippen LogP contribution in [0.4, 0.5) is 10.6 Å². The van der Waals surface area contributed by atoms with Crippen molar-refractivity contribution in [2.45, 2.75) is 51.3 Å². The van der Waals surface area contributed by atoms with E-state index in [0.29, 0.717) is 39.1 Å². The summed E-state index contributed by atoms with van der Waals surface area (Å²) in [5.74, 6) is 0.695. The van der Waals surface area contributed by atoms with E-state index in [1.165, 1.54) is 0 Å². The summed E-state index contributed by atoms with van der Waals surface area (Å²) in [5, 5.41) is 3.49. The number of fused-ring (bicyclic) bond motifs is 1. The minimum atomic E-state index is -0.300. The summed E-state index contributed by atoms with van der Waals surface area (Å²) in [6.45, 7) is 7.16. The summed E-state index contributed by atoms with van der Waals surface area (Å²) in [5.41, 5.74) is 1.58. The lowest BCUT2D eigenvalue weighted by Gasteiger charge is -2.32. The molecular formula is C24H36N8O3. The zero-order chi connectivity index (χ0) is 24.9. The molecule has 0 saturated carbocycles. The number of ether oxygens (including phenoxy) is 1. The Balaban J connectivity index is 1.24. The van der Waals surface area contributed by atoms with E-state index in [2.05, 4.69) is 34.1 Å². The molecule has 4 heterocycles. The molecule has 0 unspecified atom stereocenters. The molecule has 0 spiro atoms. The molecule has 2 aliphatic heterocycles. The Morgan fingerprint density at radius 1 is 1.14 bits per heavy atom. The molecule has 1 atom stereocenters. The average Bonchev–Trinajstić information content (AvgIpc) is 3.47. The van der Waals surface area contributed by atoms with Gasteiger partial charge in [0.2, 0.25) is 5.91 Å². The van der Waals surface area contributed by atoms with E-state index in [0.717, 1.165) is 29.8 Å². The fourth-order valence-corrected chi connectivity index (χ4v) is 4.45. The number of imidazole rings is 1. The lowest BCUT2D eigenvalue weighted by Crippen LogP contribution is -2.44. The molecule has 2 aliphatic rings. The van der Waals surface area contributed by atoms with Crippen molar-refractivity contribution in [3.8, 4) is 0 Å². The van der Waals surface area contributed by atoms with Crippen LogP contribution in [-0.2, 0) is 9.53 Å². The Hall–Kier alpha value is -3.21. The minimum absolute atomic E-state index is 0.0330. The largest absolute Gasteiger partial charge is 0.444 e. The highest BCUT2D eigenvalue weighted by atomic mass is 16.6. The smallest absolute Gasteiger partial charge is 0.410 e. The van der Waals surface area contributed by atoms with Crippen LogP contribution in [0.1, 0.15) is 39.2 Å². The summed E-state index contributed by atoms with van der Waals surface area (Å²) < 4.78 is 7.74. The van der Waals surface area contributed by atoms with Crippen LogP contribution in [0, 0.1) is 0 Å². The van der Waals surface area contributed by atoms with Crippen LogP contribution in [0.2, 0.25) is 0 Å². The van der Waals surface area contributed by atoms with Gasteiger partial charge in [-0.25, -0.2) is 19.7 Å². The van der Waals surface area contributed by atoms with E-state index >= 15 is 0 Å². The van der Waals surface area contributed by atoms with E-state index in [4.69, 9.17) is 4.74 Å². The first kappa shape index (κ1) is 24.9. The normalized spacial score (nSPS) is 19.4. The van der Waals surface area contributed by atoms with Gasteiger partial charge in [-0.05, 0) is 40.8 Å². The van der Waals surface area contributed by atoms with Gasteiger partial charge in [-0.2, -0.15) is 0 Å². The zero-order valence-corrected chi connectivity index (χ0v) is 21.1. The summed E-state index contributed by atoms with van der Waals surface area (Å²) in [6, 6.07) is 0.455. The first-order valence-corrected chi connectivity index (χ1v) is 12.3. The second kappa shape index (κ2) is 11.0. The quantitative estimate of drug-likeness (QED) is 0.596. The highest BCUT2D eigenvalue weighted by Gasteiger charge is 2.31. The van der Waals surface area contributed by atoms with Crippen molar-refractivity contribution in [1.29, 1.82) is 0 Å². The standard InChI is InChI=1S/C24H36N8O3/c1-17(2)32-16-27-21-22(25-15-26-23(21)32)28-18-7-11-30(12-8-18)24(34)35-19-9-13-31(14-19)20(33)6-5-10-29(3)4/h5-6,15-19H,7-14H2,1-4H3,(H,25,26,28)/b6-5+/t19-/m0/s1. The lowest BCUT2D eigenvalue weighted by atomic mass is 10.1. The third kappa shape index (κ3) is 6.08. The number of likely N-dealkylation sites (N-methyl/N-ethyl adjacent to an activating group) is 1. The summed E-state index contributed by atoms with van der Waals surface area (Å²) in [4.78, 5) is 43.8. The number of nitrogens with one attached hydrogen (secondary N) is 1. The van der Waals surface area contributed by atoms with Crippen LogP contribution < -0.4 is 5.32 Å². The number of piperidine rings is 1. The SMILES string of the molecule is CC(C)n1cnc2c(NC3CCN(C(=O)O[C@H]4CCN(C(=O)/C=C/CN(C)C)C4)CC3)ncnc21. The highest BCUT2D eigenvalue weighted by molar-refractivity contribution is 5.88. The van der Waals surface area contributed by atoms with Crippen molar-refractivity contribution in [2.24, 2.45) is 0 Å². The molecule has 35 heavy (non-hydrogen) atoms. The number of rotatable bonds is 7. The van der Waals surface area contributed by atoms with Crippen LogP contribution in [0.3, 0.4) is 0 Å². The van der Waals surface area contributed by atoms with Crippen molar-refractivity contribution < 1.29 is 14.3 Å². The number of amides is 2. The third-order valence-corrected chi connectivity index (χ3v) is 6.46. The maximum atomic E-state index is 12.7. The van der Waals surface area contributed by atoms with E-state index in [9.17, 15) is 9.59 Å². The van der Waals surface area contributed by atoms with Crippen LogP contribution in [0.15, 0.2) is 24.8 Å². The predicted octanol–water partition coefficient (Wildman–Crippen LogP) is 2.14. The summed E-state index contributed by atoms with van der Waals surface area (Å²) in [7, 11) is 3.91. The Morgan fingerprint density at radius 3 is 2.60 bits per heavy atom. The summed E-state index contributed by atoms with van der Waals surface area (Å²) in [6.07, 6.45) is 8.50. The second-order valence-electron chi connectivity index (χ2n) is 9.79. The predicted molar refractivity (Wildman–Crippen MR) is 133 cm³/mol. The van der Waals surface area contributed by atoms with E-state index in [-0.39, 0.29) is 30.2 Å². The van der Waals surface area contributed by atoms with E-state index in [1.54, 1.807) is 28.5 Å². The topological polar surface area (TPSA) is 109 Å². The number of aromatic nitrogens is 4. The number of hydrogen-bond acceptors (Lipinski definition) is 8. The van der Waals surface area contributed by atoms with Gasteiger partial charge in [0.05, 0.1) is 12.9 Å². The molecule has 1 N–H and O–H groups in total. The van der Waals surface area contributed by atoms with Gasteiger partial charge in [0.25, 0.3) is 0 Å². The van der Waals surface area contributed by atoms with Gasteiger partial charge in [-0.3, -0.25) is 4.79 Å². The van der Waals surface area contributed by atoms with Crippen molar-refractivity contribution >= 4 is 29.0 Å². The minimum Gasteiger partial charge on any atom is -0.444 e. The van der Waals surface area contributed by atoms with Crippen molar-refractivity contribution in [3.05, 3.63) is 24.8 Å². The molecule has 2 fully saturated rings. The van der Waals surface area contributed by atoms with Crippen LogP contribution in [0.25, 0.3) is 11.2 Å². The molecule has 0 aromatic carbocycles. The first-order chi connectivity index (χ1) is 16.8. The fourth-order valence-electron chi connectivity index (χ4n) is 4.45. The van der Waals surface area contributed by atoms with Gasteiger partial charge in [0.15, 0.2) is 11.5 Å². The zero-order valence-electron chi connectivity index (χ0n) is 21.1. The molecule has 11 heteroatoms. The Morgan fingerprint density at radius 2 is 1.89 bits per heavy atom. The molecule has 0 bridgehead atoms. The van der Waals surface area contributed by atoms with Gasteiger partial charge in [-0.15, -0.1) is 0 Å². The maximum Gasteiger partial charge on any atom is 0.410 e. The fraction of sp³-hybridized carbons (Fsp3) is 0.625. The lowest BCUT2D eigenvalue weighted by molar-refractivity contribution is -0.125. The number of anilines is 1. The molecule has 0 radical (unpaired) electrons. The molecule has 2 aromatic rings. The molecule has 2 aromatic heterocycles. The van der Waals surface area contributed by atoms with Crippen LogP contribution >= 0.6 is 0 Å². The van der Waals surface area contributed by atoms with Gasteiger partial charge < -0.3 is 29.3 Å². The van der Waals surface area contributed by atoms with E-state index < -0.39 is 0 Å². The number of carbonyl (C=O) groups is 2. The first-order valence-electron chi connectivity index (χ1n) is 12.3.